The summed E-state index contributed by atoms with van der Waals surface area (Å²) in [6.45, 7) is 0. The Hall–Kier alpha value is -0.920. The average Bonchev–Trinajstić information content (AvgIpc) is 3.24. The molecule has 3 aliphatic rings. The third kappa shape index (κ3) is 4.93. The minimum Gasteiger partial charge on any atom is -0.204 e. The molecule has 2 heteroatoms. The van der Waals surface area contributed by atoms with E-state index in [4.69, 9.17) is 0 Å². The van der Waals surface area contributed by atoms with E-state index in [9.17, 15) is 8.78 Å². The molecule has 150 valence electrons. The first kappa shape index (κ1) is 19.4. The van der Waals surface area contributed by atoms with E-state index in [2.05, 4.69) is 0 Å². The minimum absolute atomic E-state index is 0.704. The normalized spacial score (nSPS) is 32.7. The molecule has 3 saturated carbocycles. The van der Waals surface area contributed by atoms with E-state index < -0.39 is 11.6 Å². The zero-order valence-electron chi connectivity index (χ0n) is 16.8. The Balaban J connectivity index is 1.17. The van der Waals surface area contributed by atoms with Crippen molar-refractivity contribution in [2.45, 2.75) is 89.9 Å². The molecule has 0 atom stereocenters. The van der Waals surface area contributed by atoms with Gasteiger partial charge in [-0.3, -0.25) is 0 Å². The van der Waals surface area contributed by atoms with Gasteiger partial charge in [-0.15, -0.1) is 0 Å². The smallest absolute Gasteiger partial charge is 0.159 e. The molecule has 0 nitrogen and oxygen atoms in total. The molecule has 0 spiro atoms. The maximum atomic E-state index is 13.4. The van der Waals surface area contributed by atoms with Crippen LogP contribution in [0.4, 0.5) is 8.78 Å². The summed E-state index contributed by atoms with van der Waals surface area (Å²) in [7, 11) is 0. The number of halogens is 2. The third-order valence-corrected chi connectivity index (χ3v) is 8.27. The van der Waals surface area contributed by atoms with Gasteiger partial charge in [0.25, 0.3) is 0 Å². The predicted octanol–water partition coefficient (Wildman–Crippen LogP) is 7.70. The van der Waals surface area contributed by atoms with Crippen molar-refractivity contribution in [2.24, 2.45) is 29.6 Å². The molecule has 0 bridgehead atoms. The molecule has 0 heterocycles. The van der Waals surface area contributed by atoms with Crippen molar-refractivity contribution in [3.8, 4) is 0 Å². The van der Waals surface area contributed by atoms with E-state index >= 15 is 0 Å². The van der Waals surface area contributed by atoms with Crippen LogP contribution in [-0.4, -0.2) is 0 Å². The van der Waals surface area contributed by atoms with Crippen molar-refractivity contribution in [1.29, 1.82) is 0 Å². The highest BCUT2D eigenvalue weighted by Crippen LogP contribution is 2.46. The molecule has 0 radical (unpaired) electrons. The maximum Gasteiger partial charge on any atom is 0.159 e. The first-order valence-electron chi connectivity index (χ1n) is 11.6. The monoisotopic (exact) mass is 374 g/mol. The van der Waals surface area contributed by atoms with Crippen molar-refractivity contribution in [1.82, 2.24) is 0 Å². The zero-order chi connectivity index (χ0) is 18.6. The molecule has 0 aliphatic heterocycles. The van der Waals surface area contributed by atoms with Crippen LogP contribution in [0.3, 0.4) is 0 Å². The van der Waals surface area contributed by atoms with Gasteiger partial charge in [-0.2, -0.15) is 0 Å². The lowest BCUT2D eigenvalue weighted by Crippen LogP contribution is -2.27. The molecule has 0 amide bonds. The van der Waals surface area contributed by atoms with Crippen LogP contribution in [0.15, 0.2) is 18.2 Å². The second kappa shape index (κ2) is 9.05. The molecular weight excluding hydrogens is 338 g/mol. The van der Waals surface area contributed by atoms with Crippen LogP contribution in [-0.2, 0) is 6.42 Å². The number of benzene rings is 1. The summed E-state index contributed by atoms with van der Waals surface area (Å²) < 4.78 is 26.4. The predicted molar refractivity (Wildman–Crippen MR) is 108 cm³/mol. The van der Waals surface area contributed by atoms with Gasteiger partial charge in [0.2, 0.25) is 0 Å². The van der Waals surface area contributed by atoms with Crippen LogP contribution in [0.1, 0.15) is 89.0 Å². The Bertz CT molecular complexity index is 588. The number of hydrogen-bond donors (Lipinski definition) is 0. The van der Waals surface area contributed by atoms with Crippen molar-refractivity contribution in [2.75, 3.05) is 0 Å². The number of hydrogen-bond acceptors (Lipinski definition) is 0. The molecule has 0 N–H and O–H groups in total. The molecule has 0 unspecified atom stereocenters. The summed E-state index contributed by atoms with van der Waals surface area (Å²) in [4.78, 5) is 0. The van der Waals surface area contributed by atoms with Crippen molar-refractivity contribution >= 4 is 0 Å². The van der Waals surface area contributed by atoms with E-state index in [1.807, 2.05) is 0 Å². The largest absolute Gasteiger partial charge is 0.204 e. The van der Waals surface area contributed by atoms with Gasteiger partial charge in [0, 0.05) is 0 Å². The first-order chi connectivity index (χ1) is 13.2. The molecule has 0 aromatic heterocycles. The van der Waals surface area contributed by atoms with Gasteiger partial charge in [-0.25, -0.2) is 8.78 Å². The van der Waals surface area contributed by atoms with Gasteiger partial charge in [-0.05, 0) is 98.7 Å². The quantitative estimate of drug-likeness (QED) is 0.495. The van der Waals surface area contributed by atoms with Gasteiger partial charge < -0.3 is 0 Å². The SMILES string of the molecule is Fc1ccc(CCC2CCC(C3CCC(C4CCCC4)CC3)CC2)cc1F. The van der Waals surface area contributed by atoms with Gasteiger partial charge in [0.1, 0.15) is 0 Å². The molecule has 27 heavy (non-hydrogen) atoms. The fourth-order valence-corrected chi connectivity index (χ4v) is 6.53. The Morgan fingerprint density at radius 2 is 1.15 bits per heavy atom. The van der Waals surface area contributed by atoms with Crippen LogP contribution in [0.25, 0.3) is 0 Å². The number of aryl methyl sites for hydroxylation is 1. The Kier molecular flexibility index (Phi) is 6.50. The summed E-state index contributed by atoms with van der Waals surface area (Å²) in [6, 6.07) is 4.39. The molecule has 1 aromatic carbocycles. The highest BCUT2D eigenvalue weighted by molar-refractivity contribution is 5.17. The minimum atomic E-state index is -0.734. The fourth-order valence-electron chi connectivity index (χ4n) is 6.53. The molecule has 0 saturated heterocycles. The number of rotatable bonds is 5. The van der Waals surface area contributed by atoms with E-state index in [1.165, 1.54) is 89.2 Å². The van der Waals surface area contributed by atoms with Crippen molar-refractivity contribution in [3.63, 3.8) is 0 Å². The van der Waals surface area contributed by atoms with Gasteiger partial charge in [0.05, 0.1) is 0 Å². The molecule has 3 aliphatic carbocycles. The molecular formula is C25H36F2. The summed E-state index contributed by atoms with van der Waals surface area (Å²) in [6.07, 6.45) is 19.5. The first-order valence-corrected chi connectivity index (χ1v) is 11.6. The van der Waals surface area contributed by atoms with Crippen molar-refractivity contribution < 1.29 is 8.78 Å². The van der Waals surface area contributed by atoms with Crippen LogP contribution >= 0.6 is 0 Å². The van der Waals surface area contributed by atoms with Gasteiger partial charge >= 0.3 is 0 Å². The molecule has 3 fully saturated rings. The lowest BCUT2D eigenvalue weighted by molar-refractivity contribution is 0.124. The highest BCUT2D eigenvalue weighted by atomic mass is 19.2. The lowest BCUT2D eigenvalue weighted by atomic mass is 9.67. The third-order valence-electron chi connectivity index (χ3n) is 8.27. The van der Waals surface area contributed by atoms with Gasteiger partial charge in [0.15, 0.2) is 11.6 Å². The Morgan fingerprint density at radius 3 is 1.70 bits per heavy atom. The van der Waals surface area contributed by atoms with Gasteiger partial charge in [-0.1, -0.05) is 44.6 Å². The fraction of sp³-hybridized carbons (Fsp3) is 0.760. The Labute approximate surface area is 164 Å². The van der Waals surface area contributed by atoms with Crippen LogP contribution in [0.5, 0.6) is 0 Å². The Morgan fingerprint density at radius 1 is 0.630 bits per heavy atom. The van der Waals surface area contributed by atoms with E-state index in [-0.39, 0.29) is 0 Å². The lowest BCUT2D eigenvalue weighted by Gasteiger charge is -2.39. The molecule has 1 aromatic rings. The van der Waals surface area contributed by atoms with Crippen LogP contribution in [0, 0.1) is 41.2 Å². The van der Waals surface area contributed by atoms with Crippen molar-refractivity contribution in [3.05, 3.63) is 35.4 Å². The second-order valence-corrected chi connectivity index (χ2v) is 9.79. The average molecular weight is 375 g/mol. The molecule has 4 rings (SSSR count). The van der Waals surface area contributed by atoms with E-state index in [1.54, 1.807) is 6.07 Å². The summed E-state index contributed by atoms with van der Waals surface area (Å²) in [5.41, 5.74) is 0.946. The summed E-state index contributed by atoms with van der Waals surface area (Å²) >= 11 is 0. The van der Waals surface area contributed by atoms with E-state index in [0.29, 0.717) is 0 Å². The highest BCUT2D eigenvalue weighted by Gasteiger charge is 2.33. The summed E-state index contributed by atoms with van der Waals surface area (Å²) in [5.74, 6) is 3.42. The zero-order valence-corrected chi connectivity index (χ0v) is 16.8. The van der Waals surface area contributed by atoms with Crippen LogP contribution < -0.4 is 0 Å². The standard InChI is InChI=1S/C25H36F2/c26-24-16-9-19(17-25(24)27)6-5-18-7-10-21(11-8-18)23-14-12-22(13-15-23)20-3-1-2-4-20/h9,16-18,20-23H,1-8,10-15H2. The van der Waals surface area contributed by atoms with E-state index in [0.717, 1.165) is 48.0 Å². The topological polar surface area (TPSA) is 0 Å². The summed E-state index contributed by atoms with van der Waals surface area (Å²) in [5, 5.41) is 0. The van der Waals surface area contributed by atoms with Crippen LogP contribution in [0.2, 0.25) is 0 Å². The maximum absolute atomic E-state index is 13.4. The second-order valence-electron chi connectivity index (χ2n) is 9.79.